The Morgan fingerprint density at radius 1 is 0.636 bits per heavy atom. The van der Waals surface area contributed by atoms with E-state index in [0.29, 0.717) is 0 Å². The Labute approximate surface area is 217 Å². The first-order valence-corrected chi connectivity index (χ1v) is 14.2. The lowest BCUT2D eigenvalue weighted by molar-refractivity contribution is 0.605. The summed E-state index contributed by atoms with van der Waals surface area (Å²) in [7, 11) is 0. The third-order valence-electron chi connectivity index (χ3n) is 6.26. The third kappa shape index (κ3) is 10.8. The Balaban J connectivity index is 2.11. The molecule has 0 radical (unpaired) electrons. The molecule has 0 fully saturated rings. The minimum Gasteiger partial charge on any atom is -0.115 e. The molecule has 0 amide bonds. The Morgan fingerprint density at radius 2 is 1.15 bits per heavy atom. The highest BCUT2D eigenvalue weighted by atomic mass is 127. The monoisotopic (exact) mass is 552 g/mol. The largest absolute Gasteiger partial charge is 0.115 e. The summed E-state index contributed by atoms with van der Waals surface area (Å²) < 4.78 is 1.41. The lowest BCUT2D eigenvalue weighted by atomic mass is 9.96. The van der Waals surface area contributed by atoms with E-state index in [-0.39, 0.29) is 0 Å². The number of rotatable bonds is 14. The van der Waals surface area contributed by atoms with E-state index in [4.69, 9.17) is 6.42 Å². The van der Waals surface area contributed by atoms with Crippen LogP contribution in [0.2, 0.25) is 0 Å². The standard InChI is InChI=1S/C32H41I/c1-4-7-9-11-13-15-17-29-26-32(33)31(18-16-14-12-10-8-5-2)25-30(29)24-23-28-21-19-27(6-3)20-22-28/h3,19-22,25-26H,4-5,7-18H2,1-2H3. The van der Waals surface area contributed by atoms with Crippen LogP contribution in [0.15, 0.2) is 36.4 Å². The van der Waals surface area contributed by atoms with Crippen molar-refractivity contribution in [3.05, 3.63) is 67.8 Å². The molecule has 0 nitrogen and oxygen atoms in total. The van der Waals surface area contributed by atoms with Gasteiger partial charge in [0.2, 0.25) is 0 Å². The van der Waals surface area contributed by atoms with Gasteiger partial charge in [-0.1, -0.05) is 95.8 Å². The van der Waals surface area contributed by atoms with Gasteiger partial charge in [-0.25, -0.2) is 0 Å². The number of unbranched alkanes of at least 4 members (excludes halogenated alkanes) is 10. The molecule has 1 heteroatoms. The van der Waals surface area contributed by atoms with Gasteiger partial charge in [-0.3, -0.25) is 0 Å². The fraction of sp³-hybridized carbons (Fsp3) is 0.500. The predicted octanol–water partition coefficient (Wildman–Crippen LogP) is 9.48. The number of benzene rings is 2. The van der Waals surface area contributed by atoms with Gasteiger partial charge >= 0.3 is 0 Å². The van der Waals surface area contributed by atoms with E-state index < -0.39 is 0 Å². The zero-order chi connectivity index (χ0) is 23.7. The molecular weight excluding hydrogens is 511 g/mol. The Morgan fingerprint density at radius 3 is 1.73 bits per heavy atom. The van der Waals surface area contributed by atoms with Crippen molar-refractivity contribution in [2.75, 3.05) is 0 Å². The average Bonchev–Trinajstić information content (AvgIpc) is 2.84. The van der Waals surface area contributed by atoms with Gasteiger partial charge in [0.25, 0.3) is 0 Å². The quantitative estimate of drug-likeness (QED) is 0.124. The first-order chi connectivity index (χ1) is 16.2. The fourth-order valence-electron chi connectivity index (χ4n) is 4.15. The SMILES string of the molecule is C#Cc1ccc(C#Cc2cc(CCCCCCCC)c(I)cc2CCCCCCCC)cc1. The summed E-state index contributed by atoms with van der Waals surface area (Å²) in [6.07, 6.45) is 23.7. The van der Waals surface area contributed by atoms with Crippen LogP contribution in [-0.4, -0.2) is 0 Å². The summed E-state index contributed by atoms with van der Waals surface area (Å²) in [5, 5.41) is 0. The minimum atomic E-state index is 0.903. The van der Waals surface area contributed by atoms with E-state index in [1.807, 2.05) is 24.3 Å². The first-order valence-electron chi connectivity index (χ1n) is 13.1. The maximum absolute atomic E-state index is 5.49. The van der Waals surface area contributed by atoms with E-state index in [9.17, 15) is 0 Å². The number of terminal acetylenes is 1. The van der Waals surface area contributed by atoms with Crippen LogP contribution < -0.4 is 0 Å². The van der Waals surface area contributed by atoms with Crippen molar-refractivity contribution < 1.29 is 0 Å². The van der Waals surface area contributed by atoms with Gasteiger partial charge in [-0.05, 0) is 95.8 Å². The second-order valence-electron chi connectivity index (χ2n) is 9.11. The van der Waals surface area contributed by atoms with Crippen LogP contribution in [0, 0.1) is 27.8 Å². The molecule has 33 heavy (non-hydrogen) atoms. The zero-order valence-corrected chi connectivity index (χ0v) is 23.0. The van der Waals surface area contributed by atoms with Crippen molar-refractivity contribution >= 4 is 22.6 Å². The van der Waals surface area contributed by atoms with Crippen molar-refractivity contribution in [2.24, 2.45) is 0 Å². The molecule has 176 valence electrons. The summed E-state index contributed by atoms with van der Waals surface area (Å²) in [6.45, 7) is 4.56. The predicted molar refractivity (Wildman–Crippen MR) is 154 cm³/mol. The molecule has 0 heterocycles. The molecule has 0 aliphatic rings. The first kappa shape index (κ1) is 27.5. The molecule has 0 aromatic heterocycles. The van der Waals surface area contributed by atoms with Gasteiger partial charge in [-0.2, -0.15) is 0 Å². The van der Waals surface area contributed by atoms with Gasteiger partial charge in [0.1, 0.15) is 0 Å². The van der Waals surface area contributed by atoms with E-state index in [1.165, 1.54) is 97.3 Å². The lowest BCUT2D eigenvalue weighted by Crippen LogP contribution is -1.98. The Kier molecular flexibility index (Phi) is 14.0. The van der Waals surface area contributed by atoms with Gasteiger partial charge in [-0.15, -0.1) is 6.42 Å². The van der Waals surface area contributed by atoms with Crippen molar-refractivity contribution in [2.45, 2.75) is 104 Å². The summed E-state index contributed by atoms with van der Waals surface area (Å²) in [5.74, 6) is 9.57. The van der Waals surface area contributed by atoms with Crippen LogP contribution in [0.4, 0.5) is 0 Å². The number of hydrogen-bond donors (Lipinski definition) is 0. The second-order valence-corrected chi connectivity index (χ2v) is 10.3. The maximum atomic E-state index is 5.49. The van der Waals surface area contributed by atoms with E-state index in [1.54, 1.807) is 0 Å². The van der Waals surface area contributed by atoms with Crippen LogP contribution in [0.1, 0.15) is 119 Å². The van der Waals surface area contributed by atoms with Crippen LogP contribution in [0.3, 0.4) is 0 Å². The van der Waals surface area contributed by atoms with Crippen LogP contribution in [0.25, 0.3) is 0 Å². The second kappa shape index (κ2) is 16.8. The number of halogens is 1. The van der Waals surface area contributed by atoms with Crippen LogP contribution in [0.5, 0.6) is 0 Å². The molecule has 0 aliphatic carbocycles. The van der Waals surface area contributed by atoms with Crippen molar-refractivity contribution in [1.29, 1.82) is 0 Å². The highest BCUT2D eigenvalue weighted by Crippen LogP contribution is 2.23. The van der Waals surface area contributed by atoms with Crippen LogP contribution in [-0.2, 0) is 12.8 Å². The molecule has 0 aliphatic heterocycles. The fourth-order valence-corrected chi connectivity index (χ4v) is 4.96. The number of hydrogen-bond acceptors (Lipinski definition) is 0. The van der Waals surface area contributed by atoms with E-state index in [0.717, 1.165) is 24.0 Å². The molecule has 0 saturated heterocycles. The van der Waals surface area contributed by atoms with Crippen LogP contribution >= 0.6 is 22.6 Å². The summed E-state index contributed by atoms with van der Waals surface area (Å²) >= 11 is 2.54. The summed E-state index contributed by atoms with van der Waals surface area (Å²) in [5.41, 5.74) is 6.01. The van der Waals surface area contributed by atoms with Gasteiger partial charge in [0.05, 0.1) is 0 Å². The Bertz CT molecular complexity index is 918. The van der Waals surface area contributed by atoms with Crippen molar-refractivity contribution in [3.63, 3.8) is 0 Å². The smallest absolute Gasteiger partial charge is 0.0284 e. The highest BCUT2D eigenvalue weighted by molar-refractivity contribution is 14.1. The average molecular weight is 553 g/mol. The van der Waals surface area contributed by atoms with Gasteiger partial charge < -0.3 is 0 Å². The molecule has 0 unspecified atom stereocenters. The lowest BCUT2D eigenvalue weighted by Gasteiger charge is -2.11. The molecule has 0 bridgehead atoms. The molecule has 0 spiro atoms. The van der Waals surface area contributed by atoms with E-state index in [2.05, 4.69) is 66.3 Å². The molecule has 2 rings (SSSR count). The maximum Gasteiger partial charge on any atom is 0.0284 e. The van der Waals surface area contributed by atoms with E-state index >= 15 is 0 Å². The molecular formula is C32H41I. The minimum absolute atomic E-state index is 0.903. The topological polar surface area (TPSA) is 0 Å². The molecule has 0 saturated carbocycles. The summed E-state index contributed by atoms with van der Waals surface area (Å²) in [4.78, 5) is 0. The zero-order valence-electron chi connectivity index (χ0n) is 20.8. The molecule has 0 N–H and O–H groups in total. The molecule has 2 aromatic carbocycles. The highest BCUT2D eigenvalue weighted by Gasteiger charge is 2.08. The molecule has 0 atom stereocenters. The van der Waals surface area contributed by atoms with Crippen molar-refractivity contribution in [1.82, 2.24) is 0 Å². The summed E-state index contributed by atoms with van der Waals surface area (Å²) in [6, 6.07) is 12.8. The van der Waals surface area contributed by atoms with Gasteiger partial charge in [0.15, 0.2) is 0 Å². The molecule has 2 aromatic rings. The normalized spacial score (nSPS) is 10.5. The third-order valence-corrected chi connectivity index (χ3v) is 7.27. The van der Waals surface area contributed by atoms with Crippen molar-refractivity contribution in [3.8, 4) is 24.2 Å². The van der Waals surface area contributed by atoms with Gasteiger partial charge in [0, 0.05) is 20.3 Å². The number of aryl methyl sites for hydroxylation is 2. The Hall–Kier alpha value is -1.71.